The molecule has 1 saturated carbocycles. The highest BCUT2D eigenvalue weighted by molar-refractivity contribution is 5.92. The molecule has 2 N–H and O–H groups in total. The minimum absolute atomic E-state index is 0.150. The van der Waals surface area contributed by atoms with Gasteiger partial charge in [0.05, 0.1) is 5.56 Å². The highest BCUT2D eigenvalue weighted by Gasteiger charge is 2.15. The summed E-state index contributed by atoms with van der Waals surface area (Å²) in [5, 5.41) is 11.4. The van der Waals surface area contributed by atoms with Crippen LogP contribution in [0.1, 0.15) is 55.3 Å². The fraction of sp³-hybridized carbons (Fsp3) is 0.500. The molecule has 5 heteroatoms. The number of halogens is 1. The second-order valence-electron chi connectivity index (χ2n) is 5.59. The standard InChI is InChI=1S/C16H20FNO3/c17-14-10-12(7-8-13(14)16(20)21)18-15(19)9-6-11-4-2-1-3-5-11/h7-8,10-11H,1-6,9H2,(H,18,19)(H,20,21). The van der Waals surface area contributed by atoms with Crippen LogP contribution in [0.3, 0.4) is 0 Å². The molecule has 0 heterocycles. The van der Waals surface area contributed by atoms with Gasteiger partial charge in [-0.2, -0.15) is 0 Å². The molecular formula is C16H20FNO3. The Balaban J connectivity index is 1.84. The van der Waals surface area contributed by atoms with E-state index < -0.39 is 17.3 Å². The number of hydrogen-bond acceptors (Lipinski definition) is 2. The minimum Gasteiger partial charge on any atom is -0.478 e. The Bertz CT molecular complexity index is 524. The number of anilines is 1. The highest BCUT2D eigenvalue weighted by Crippen LogP contribution is 2.27. The maximum atomic E-state index is 13.5. The van der Waals surface area contributed by atoms with Crippen molar-refractivity contribution < 1.29 is 19.1 Å². The molecule has 0 aliphatic heterocycles. The number of nitrogens with one attached hydrogen (secondary N) is 1. The van der Waals surface area contributed by atoms with Crippen LogP contribution < -0.4 is 5.32 Å². The molecule has 1 aliphatic rings. The van der Waals surface area contributed by atoms with Crippen molar-refractivity contribution in [2.45, 2.75) is 44.9 Å². The molecule has 114 valence electrons. The van der Waals surface area contributed by atoms with Gasteiger partial charge in [-0.15, -0.1) is 0 Å². The quantitative estimate of drug-likeness (QED) is 0.867. The van der Waals surface area contributed by atoms with E-state index in [0.717, 1.165) is 18.6 Å². The van der Waals surface area contributed by atoms with Gasteiger partial charge in [0.1, 0.15) is 5.82 Å². The number of carboxylic acid groups (broad SMARTS) is 1. The summed E-state index contributed by atoms with van der Waals surface area (Å²) < 4.78 is 13.5. The summed E-state index contributed by atoms with van der Waals surface area (Å²) >= 11 is 0. The minimum atomic E-state index is -1.32. The Kier molecular flexibility index (Phi) is 5.31. The molecule has 0 saturated heterocycles. The van der Waals surface area contributed by atoms with E-state index in [-0.39, 0.29) is 5.91 Å². The molecule has 1 fully saturated rings. The maximum Gasteiger partial charge on any atom is 0.338 e. The van der Waals surface area contributed by atoms with Crippen LogP contribution in [0.4, 0.5) is 10.1 Å². The van der Waals surface area contributed by atoms with Gasteiger partial charge in [-0.25, -0.2) is 9.18 Å². The van der Waals surface area contributed by atoms with Crippen molar-refractivity contribution in [2.24, 2.45) is 5.92 Å². The lowest BCUT2D eigenvalue weighted by atomic mass is 9.86. The number of amides is 1. The van der Waals surface area contributed by atoms with E-state index in [4.69, 9.17) is 5.11 Å². The van der Waals surface area contributed by atoms with E-state index in [2.05, 4.69) is 5.32 Å². The van der Waals surface area contributed by atoms with Gasteiger partial charge < -0.3 is 10.4 Å². The largest absolute Gasteiger partial charge is 0.478 e. The van der Waals surface area contributed by atoms with Gasteiger partial charge in [-0.3, -0.25) is 4.79 Å². The van der Waals surface area contributed by atoms with Crippen LogP contribution in [-0.2, 0) is 4.79 Å². The van der Waals surface area contributed by atoms with Crippen molar-refractivity contribution in [3.05, 3.63) is 29.6 Å². The zero-order valence-corrected chi connectivity index (χ0v) is 11.9. The molecule has 21 heavy (non-hydrogen) atoms. The van der Waals surface area contributed by atoms with E-state index >= 15 is 0 Å². The first-order valence-corrected chi connectivity index (χ1v) is 7.39. The van der Waals surface area contributed by atoms with E-state index in [1.807, 2.05) is 0 Å². The molecule has 1 aromatic rings. The predicted octanol–water partition coefficient (Wildman–Crippen LogP) is 3.82. The summed E-state index contributed by atoms with van der Waals surface area (Å²) in [4.78, 5) is 22.5. The van der Waals surface area contributed by atoms with Gasteiger partial charge in [-0.1, -0.05) is 32.1 Å². The third kappa shape index (κ3) is 4.55. The van der Waals surface area contributed by atoms with Gasteiger partial charge in [0.25, 0.3) is 0 Å². The van der Waals surface area contributed by atoms with Gasteiger partial charge in [0.2, 0.25) is 5.91 Å². The van der Waals surface area contributed by atoms with Crippen molar-refractivity contribution in [3.8, 4) is 0 Å². The summed E-state index contributed by atoms with van der Waals surface area (Å²) in [7, 11) is 0. The van der Waals surface area contributed by atoms with Gasteiger partial charge in [0, 0.05) is 12.1 Å². The molecule has 0 bridgehead atoms. The second kappa shape index (κ2) is 7.20. The summed E-state index contributed by atoms with van der Waals surface area (Å²) in [6.45, 7) is 0. The van der Waals surface area contributed by atoms with Crippen LogP contribution in [0.25, 0.3) is 0 Å². The smallest absolute Gasteiger partial charge is 0.338 e. The van der Waals surface area contributed by atoms with Gasteiger partial charge in [-0.05, 0) is 30.5 Å². The van der Waals surface area contributed by atoms with Crippen LogP contribution >= 0.6 is 0 Å². The van der Waals surface area contributed by atoms with Crippen LogP contribution in [0.15, 0.2) is 18.2 Å². The number of carbonyl (C=O) groups is 2. The van der Waals surface area contributed by atoms with Gasteiger partial charge >= 0.3 is 5.97 Å². The molecule has 0 aromatic heterocycles. The van der Waals surface area contributed by atoms with Crippen LogP contribution in [-0.4, -0.2) is 17.0 Å². The molecule has 0 radical (unpaired) electrons. The van der Waals surface area contributed by atoms with E-state index in [1.165, 1.54) is 38.2 Å². The predicted molar refractivity (Wildman–Crippen MR) is 77.8 cm³/mol. The fourth-order valence-corrected chi connectivity index (χ4v) is 2.80. The molecule has 1 aromatic carbocycles. The van der Waals surface area contributed by atoms with Crippen molar-refractivity contribution in [3.63, 3.8) is 0 Å². The Morgan fingerprint density at radius 2 is 1.95 bits per heavy atom. The SMILES string of the molecule is O=C(CCC1CCCCC1)Nc1ccc(C(=O)O)c(F)c1. The average molecular weight is 293 g/mol. The number of carboxylic acids is 1. The number of rotatable bonds is 5. The summed E-state index contributed by atoms with van der Waals surface area (Å²) in [6.07, 6.45) is 7.44. The molecule has 0 atom stereocenters. The molecule has 0 spiro atoms. The lowest BCUT2D eigenvalue weighted by Crippen LogP contribution is -2.15. The summed E-state index contributed by atoms with van der Waals surface area (Å²) in [5.74, 6) is -1.69. The number of aromatic carboxylic acids is 1. The summed E-state index contributed by atoms with van der Waals surface area (Å²) in [6, 6.07) is 3.61. The first-order valence-electron chi connectivity index (χ1n) is 7.39. The number of carbonyl (C=O) groups excluding carboxylic acids is 1. The van der Waals surface area contributed by atoms with Gasteiger partial charge in [0.15, 0.2) is 0 Å². The van der Waals surface area contributed by atoms with Crippen molar-refractivity contribution in [1.82, 2.24) is 0 Å². The van der Waals surface area contributed by atoms with E-state index in [9.17, 15) is 14.0 Å². The first-order chi connectivity index (χ1) is 10.1. The normalized spacial score (nSPS) is 15.7. The van der Waals surface area contributed by atoms with Crippen molar-refractivity contribution in [2.75, 3.05) is 5.32 Å². The molecule has 1 aliphatic carbocycles. The Labute approximate surface area is 123 Å². The zero-order chi connectivity index (χ0) is 15.2. The topological polar surface area (TPSA) is 66.4 Å². The fourth-order valence-electron chi connectivity index (χ4n) is 2.80. The first kappa shape index (κ1) is 15.5. The third-order valence-corrected chi connectivity index (χ3v) is 3.99. The molecule has 1 amide bonds. The number of hydrogen-bond donors (Lipinski definition) is 2. The molecule has 2 rings (SSSR count). The Morgan fingerprint density at radius 1 is 1.24 bits per heavy atom. The number of benzene rings is 1. The maximum absolute atomic E-state index is 13.5. The van der Waals surface area contributed by atoms with E-state index in [1.54, 1.807) is 0 Å². The average Bonchev–Trinajstić information content (AvgIpc) is 2.46. The Morgan fingerprint density at radius 3 is 2.57 bits per heavy atom. The van der Waals surface area contributed by atoms with Crippen LogP contribution in [0.5, 0.6) is 0 Å². The van der Waals surface area contributed by atoms with Crippen molar-refractivity contribution in [1.29, 1.82) is 0 Å². The molecular weight excluding hydrogens is 273 g/mol. The monoisotopic (exact) mass is 293 g/mol. The molecule has 4 nitrogen and oxygen atoms in total. The van der Waals surface area contributed by atoms with Crippen molar-refractivity contribution >= 4 is 17.6 Å². The van der Waals surface area contributed by atoms with Crippen LogP contribution in [0, 0.1) is 11.7 Å². The lowest BCUT2D eigenvalue weighted by Gasteiger charge is -2.21. The lowest BCUT2D eigenvalue weighted by molar-refractivity contribution is -0.116. The third-order valence-electron chi connectivity index (χ3n) is 3.99. The highest BCUT2D eigenvalue weighted by atomic mass is 19.1. The zero-order valence-electron chi connectivity index (χ0n) is 11.9. The Hall–Kier alpha value is -1.91. The second-order valence-corrected chi connectivity index (χ2v) is 5.59. The van der Waals surface area contributed by atoms with Crippen LogP contribution in [0.2, 0.25) is 0 Å². The molecule has 0 unspecified atom stereocenters. The summed E-state index contributed by atoms with van der Waals surface area (Å²) in [5.41, 5.74) is -0.0960. The van der Waals surface area contributed by atoms with E-state index in [0.29, 0.717) is 18.0 Å².